The van der Waals surface area contributed by atoms with Crippen molar-refractivity contribution in [2.45, 2.75) is 32.5 Å². The smallest absolute Gasteiger partial charge is 0.253 e. The van der Waals surface area contributed by atoms with E-state index in [1.165, 1.54) is 0 Å². The molecule has 1 aliphatic rings. The monoisotopic (exact) mass is 379 g/mol. The molecule has 0 bridgehead atoms. The summed E-state index contributed by atoms with van der Waals surface area (Å²) in [5.41, 5.74) is 2.38. The van der Waals surface area contributed by atoms with Crippen LogP contribution in [0.2, 0.25) is 0 Å². The molecule has 8 heteroatoms. The van der Waals surface area contributed by atoms with Gasteiger partial charge in [-0.3, -0.25) is 9.78 Å². The lowest BCUT2D eigenvalue weighted by molar-refractivity contribution is -0.00978. The number of hydrogen-bond acceptors (Lipinski definition) is 7. The van der Waals surface area contributed by atoms with Gasteiger partial charge in [0.05, 0.1) is 12.3 Å². The zero-order valence-corrected chi connectivity index (χ0v) is 15.6. The Morgan fingerprint density at radius 3 is 2.89 bits per heavy atom. The summed E-state index contributed by atoms with van der Waals surface area (Å²) in [6.07, 6.45) is 6.37. The second kappa shape index (κ2) is 8.26. The maximum Gasteiger partial charge on any atom is 0.253 e. The SMILES string of the molecule is Cc1cccc(C(=O)N2CCC(OCc3nc(-c4cnccn4)no3)CC2)c1. The van der Waals surface area contributed by atoms with Crippen LogP contribution in [0.3, 0.4) is 0 Å². The number of likely N-dealkylation sites (tertiary alicyclic amines) is 1. The molecule has 0 saturated carbocycles. The van der Waals surface area contributed by atoms with Crippen molar-refractivity contribution >= 4 is 5.91 Å². The molecule has 4 rings (SSSR count). The predicted molar refractivity (Wildman–Crippen MR) is 100 cm³/mol. The number of carbonyl (C=O) groups is 1. The van der Waals surface area contributed by atoms with Crippen LogP contribution >= 0.6 is 0 Å². The summed E-state index contributed by atoms with van der Waals surface area (Å²) in [5.74, 6) is 0.872. The molecule has 0 N–H and O–H groups in total. The molecule has 1 aromatic carbocycles. The largest absolute Gasteiger partial charge is 0.368 e. The van der Waals surface area contributed by atoms with Crippen molar-refractivity contribution < 1.29 is 14.1 Å². The lowest BCUT2D eigenvalue weighted by atomic mass is 10.1. The summed E-state index contributed by atoms with van der Waals surface area (Å²) in [6.45, 7) is 3.58. The quantitative estimate of drug-likeness (QED) is 0.672. The van der Waals surface area contributed by atoms with E-state index in [1.807, 2.05) is 36.1 Å². The molecule has 0 radical (unpaired) electrons. The Kier molecular flexibility index (Phi) is 5.38. The van der Waals surface area contributed by atoms with Crippen molar-refractivity contribution in [3.05, 3.63) is 59.9 Å². The van der Waals surface area contributed by atoms with Gasteiger partial charge in [-0.25, -0.2) is 4.98 Å². The first-order chi connectivity index (χ1) is 13.7. The zero-order chi connectivity index (χ0) is 19.3. The van der Waals surface area contributed by atoms with Crippen LogP contribution in [0.5, 0.6) is 0 Å². The minimum absolute atomic E-state index is 0.0634. The van der Waals surface area contributed by atoms with Crippen LogP contribution in [0.4, 0.5) is 0 Å². The van der Waals surface area contributed by atoms with Gasteiger partial charge in [-0.05, 0) is 31.9 Å². The predicted octanol–water partition coefficient (Wildman–Crippen LogP) is 2.66. The van der Waals surface area contributed by atoms with Gasteiger partial charge in [0.2, 0.25) is 5.82 Å². The van der Waals surface area contributed by atoms with Crippen molar-refractivity contribution in [2.24, 2.45) is 0 Å². The molecule has 2 aromatic heterocycles. The van der Waals surface area contributed by atoms with E-state index >= 15 is 0 Å². The van der Waals surface area contributed by atoms with E-state index in [0.717, 1.165) is 24.0 Å². The number of aromatic nitrogens is 4. The summed E-state index contributed by atoms with van der Waals surface area (Å²) in [6, 6.07) is 7.69. The molecule has 0 unspecified atom stereocenters. The van der Waals surface area contributed by atoms with Gasteiger partial charge in [0.1, 0.15) is 12.3 Å². The lowest BCUT2D eigenvalue weighted by Gasteiger charge is -2.31. The standard InChI is InChI=1S/C20H21N5O3/c1-14-3-2-4-15(11-14)20(26)25-9-5-16(6-10-25)27-13-18-23-19(24-28-18)17-12-21-7-8-22-17/h2-4,7-8,11-12,16H,5-6,9-10,13H2,1H3. The highest BCUT2D eigenvalue weighted by atomic mass is 16.5. The van der Waals surface area contributed by atoms with Gasteiger partial charge >= 0.3 is 0 Å². The van der Waals surface area contributed by atoms with Gasteiger partial charge in [-0.15, -0.1) is 0 Å². The number of rotatable bonds is 5. The number of carbonyl (C=O) groups excluding carboxylic acids is 1. The Hall–Kier alpha value is -3.13. The Morgan fingerprint density at radius 2 is 2.14 bits per heavy atom. The highest BCUT2D eigenvalue weighted by Gasteiger charge is 2.24. The Bertz CT molecular complexity index is 936. The van der Waals surface area contributed by atoms with Crippen LogP contribution < -0.4 is 0 Å². The molecule has 0 atom stereocenters. The lowest BCUT2D eigenvalue weighted by Crippen LogP contribution is -2.40. The number of ether oxygens (including phenoxy) is 1. The van der Waals surface area contributed by atoms with Crippen molar-refractivity contribution in [1.82, 2.24) is 25.0 Å². The van der Waals surface area contributed by atoms with Gasteiger partial charge in [-0.2, -0.15) is 4.98 Å². The molecule has 1 fully saturated rings. The minimum atomic E-state index is 0.0634. The van der Waals surface area contributed by atoms with Crippen LogP contribution in [-0.4, -0.2) is 50.1 Å². The fourth-order valence-electron chi connectivity index (χ4n) is 3.21. The maximum absolute atomic E-state index is 12.6. The van der Waals surface area contributed by atoms with Gasteiger partial charge in [0.25, 0.3) is 11.8 Å². The number of aryl methyl sites for hydroxylation is 1. The first-order valence-electron chi connectivity index (χ1n) is 9.25. The van der Waals surface area contributed by atoms with Crippen molar-refractivity contribution in [3.63, 3.8) is 0 Å². The Morgan fingerprint density at radius 1 is 1.29 bits per heavy atom. The third-order valence-electron chi connectivity index (χ3n) is 4.70. The van der Waals surface area contributed by atoms with Crippen molar-refractivity contribution in [2.75, 3.05) is 13.1 Å². The molecule has 3 heterocycles. The molecule has 1 aliphatic heterocycles. The number of hydrogen-bond donors (Lipinski definition) is 0. The van der Waals surface area contributed by atoms with E-state index in [-0.39, 0.29) is 18.6 Å². The number of piperidine rings is 1. The van der Waals surface area contributed by atoms with Crippen molar-refractivity contribution in [1.29, 1.82) is 0 Å². The van der Waals surface area contributed by atoms with Crippen LogP contribution in [0.1, 0.15) is 34.7 Å². The molecule has 28 heavy (non-hydrogen) atoms. The summed E-state index contributed by atoms with van der Waals surface area (Å²) in [7, 11) is 0. The highest BCUT2D eigenvalue weighted by Crippen LogP contribution is 2.19. The molecule has 8 nitrogen and oxygen atoms in total. The number of nitrogens with zero attached hydrogens (tertiary/aromatic N) is 5. The van der Waals surface area contributed by atoms with E-state index in [1.54, 1.807) is 18.6 Å². The number of benzene rings is 1. The van der Waals surface area contributed by atoms with Crippen LogP contribution in [0.25, 0.3) is 11.5 Å². The third kappa shape index (κ3) is 4.23. The summed E-state index contributed by atoms with van der Waals surface area (Å²) < 4.78 is 11.1. The molecule has 3 aromatic rings. The maximum atomic E-state index is 12.6. The van der Waals surface area contributed by atoms with Gasteiger partial charge in [0.15, 0.2) is 0 Å². The zero-order valence-electron chi connectivity index (χ0n) is 15.6. The Labute approximate surface area is 162 Å². The minimum Gasteiger partial charge on any atom is -0.368 e. The van der Waals surface area contributed by atoms with E-state index in [2.05, 4.69) is 20.1 Å². The van der Waals surface area contributed by atoms with Crippen molar-refractivity contribution in [3.8, 4) is 11.5 Å². The first-order valence-corrected chi connectivity index (χ1v) is 9.25. The molecular formula is C20H21N5O3. The van der Waals surface area contributed by atoms with Crippen LogP contribution in [-0.2, 0) is 11.3 Å². The fraction of sp³-hybridized carbons (Fsp3) is 0.350. The molecule has 1 saturated heterocycles. The van der Waals surface area contributed by atoms with Crippen LogP contribution in [0, 0.1) is 6.92 Å². The van der Waals surface area contributed by atoms with E-state index in [0.29, 0.717) is 30.5 Å². The van der Waals surface area contributed by atoms with Crippen LogP contribution in [0.15, 0.2) is 47.4 Å². The van der Waals surface area contributed by atoms with E-state index in [9.17, 15) is 4.79 Å². The summed E-state index contributed by atoms with van der Waals surface area (Å²) in [5, 5.41) is 3.90. The van der Waals surface area contributed by atoms with E-state index < -0.39 is 0 Å². The summed E-state index contributed by atoms with van der Waals surface area (Å²) in [4.78, 5) is 26.9. The number of amides is 1. The fourth-order valence-corrected chi connectivity index (χ4v) is 3.21. The first kappa shape index (κ1) is 18.2. The average Bonchev–Trinajstić information content (AvgIpc) is 3.22. The van der Waals surface area contributed by atoms with E-state index in [4.69, 9.17) is 9.26 Å². The molecule has 0 aliphatic carbocycles. The Balaban J connectivity index is 1.27. The third-order valence-corrected chi connectivity index (χ3v) is 4.70. The summed E-state index contributed by atoms with van der Waals surface area (Å²) >= 11 is 0. The van der Waals surface area contributed by atoms with Gasteiger partial charge in [0, 0.05) is 31.0 Å². The topological polar surface area (TPSA) is 94.2 Å². The molecule has 144 valence electrons. The normalized spacial score (nSPS) is 15.0. The molecule has 0 spiro atoms. The van der Waals surface area contributed by atoms with Gasteiger partial charge < -0.3 is 14.2 Å². The molecule has 1 amide bonds. The second-order valence-electron chi connectivity index (χ2n) is 6.77. The molecular weight excluding hydrogens is 358 g/mol. The highest BCUT2D eigenvalue weighted by molar-refractivity contribution is 5.94. The average molecular weight is 379 g/mol. The van der Waals surface area contributed by atoms with Gasteiger partial charge in [-0.1, -0.05) is 22.9 Å². The second-order valence-corrected chi connectivity index (χ2v) is 6.77.